The smallest absolute Gasteiger partial charge is 0.0591 e. The fourth-order valence-corrected chi connectivity index (χ4v) is 1.70. The molecule has 1 aromatic carbocycles. The summed E-state index contributed by atoms with van der Waals surface area (Å²) >= 11 is 0. The van der Waals surface area contributed by atoms with E-state index in [9.17, 15) is 5.11 Å². The van der Waals surface area contributed by atoms with E-state index in [1.54, 1.807) is 0 Å². The Balaban J connectivity index is 2.53. The fourth-order valence-electron chi connectivity index (χ4n) is 1.70. The lowest BCUT2D eigenvalue weighted by Gasteiger charge is -2.25. The second-order valence-corrected chi connectivity index (χ2v) is 5.98. The third-order valence-corrected chi connectivity index (χ3v) is 3.16. The van der Waals surface area contributed by atoms with Crippen LogP contribution in [0, 0.1) is 5.41 Å². The fraction of sp³-hybridized carbons (Fsp3) is 0.600. The molecule has 1 atom stereocenters. The molecule has 2 heteroatoms. The Bertz CT molecular complexity index is 335. The molecular formula is C15H25NO. The zero-order chi connectivity index (χ0) is 13.1. The van der Waals surface area contributed by atoms with Gasteiger partial charge >= 0.3 is 0 Å². The van der Waals surface area contributed by atoms with Crippen LogP contribution in [0.25, 0.3) is 0 Å². The molecule has 96 valence electrons. The number of aliphatic hydroxyl groups excluding tert-OH is 1. The summed E-state index contributed by atoms with van der Waals surface area (Å²) in [5.74, 6) is 0. The van der Waals surface area contributed by atoms with Gasteiger partial charge in [-0.15, -0.1) is 0 Å². The van der Waals surface area contributed by atoms with Crippen molar-refractivity contribution in [2.45, 2.75) is 39.7 Å². The van der Waals surface area contributed by atoms with E-state index in [1.165, 1.54) is 11.3 Å². The number of rotatable bonds is 4. The molecule has 17 heavy (non-hydrogen) atoms. The summed E-state index contributed by atoms with van der Waals surface area (Å²) in [5, 5.41) is 9.98. The summed E-state index contributed by atoms with van der Waals surface area (Å²) in [4.78, 5) is 2.09. The molecule has 0 fully saturated rings. The molecule has 0 aliphatic rings. The number of aryl methyl sites for hydroxylation is 1. The van der Waals surface area contributed by atoms with Crippen LogP contribution in [0.3, 0.4) is 0 Å². The van der Waals surface area contributed by atoms with Crippen molar-refractivity contribution in [1.82, 2.24) is 0 Å². The second kappa shape index (κ2) is 5.54. The molecule has 2 nitrogen and oxygen atoms in total. The van der Waals surface area contributed by atoms with Crippen LogP contribution in [0.1, 0.15) is 32.8 Å². The van der Waals surface area contributed by atoms with Gasteiger partial charge in [-0.25, -0.2) is 0 Å². The van der Waals surface area contributed by atoms with Gasteiger partial charge in [-0.1, -0.05) is 32.9 Å². The monoisotopic (exact) mass is 235 g/mol. The highest BCUT2D eigenvalue weighted by Gasteiger charge is 2.21. The summed E-state index contributed by atoms with van der Waals surface area (Å²) in [7, 11) is 4.08. The van der Waals surface area contributed by atoms with Gasteiger partial charge < -0.3 is 10.0 Å². The first-order valence-corrected chi connectivity index (χ1v) is 6.25. The lowest BCUT2D eigenvalue weighted by Crippen LogP contribution is -2.26. The van der Waals surface area contributed by atoms with Crippen molar-refractivity contribution in [1.29, 1.82) is 0 Å². The molecule has 1 rings (SSSR count). The summed E-state index contributed by atoms with van der Waals surface area (Å²) in [6.07, 6.45) is 1.52. The molecule has 0 aromatic heterocycles. The maximum Gasteiger partial charge on any atom is 0.0591 e. The Labute approximate surface area is 105 Å². The first kappa shape index (κ1) is 14.0. The SMILES string of the molecule is CN(C)c1ccc(CCC(O)C(C)(C)C)cc1. The first-order chi connectivity index (χ1) is 7.80. The van der Waals surface area contributed by atoms with Gasteiger partial charge in [0.2, 0.25) is 0 Å². The highest BCUT2D eigenvalue weighted by Crippen LogP contribution is 2.23. The molecule has 0 amide bonds. The number of benzene rings is 1. The molecule has 0 bridgehead atoms. The van der Waals surface area contributed by atoms with Gasteiger partial charge in [0.25, 0.3) is 0 Å². The zero-order valence-electron chi connectivity index (χ0n) is 11.7. The van der Waals surface area contributed by atoms with Crippen molar-refractivity contribution in [3.05, 3.63) is 29.8 Å². The quantitative estimate of drug-likeness (QED) is 0.867. The molecule has 0 radical (unpaired) electrons. The number of nitrogens with zero attached hydrogens (tertiary/aromatic N) is 1. The Hall–Kier alpha value is -1.02. The highest BCUT2D eigenvalue weighted by molar-refractivity contribution is 5.45. The van der Waals surface area contributed by atoms with Crippen molar-refractivity contribution in [3.63, 3.8) is 0 Å². The topological polar surface area (TPSA) is 23.5 Å². The maximum atomic E-state index is 9.98. The molecule has 0 saturated heterocycles. The van der Waals surface area contributed by atoms with Crippen LogP contribution >= 0.6 is 0 Å². The van der Waals surface area contributed by atoms with E-state index in [0.29, 0.717) is 0 Å². The van der Waals surface area contributed by atoms with E-state index in [2.05, 4.69) is 49.9 Å². The van der Waals surface area contributed by atoms with Crippen LogP contribution < -0.4 is 4.90 Å². The molecule has 1 N–H and O–H groups in total. The zero-order valence-corrected chi connectivity index (χ0v) is 11.7. The van der Waals surface area contributed by atoms with E-state index < -0.39 is 0 Å². The van der Waals surface area contributed by atoms with Gasteiger partial charge in [-0.2, -0.15) is 0 Å². The molecule has 1 aromatic rings. The Kier molecular flexibility index (Phi) is 4.58. The van der Waals surface area contributed by atoms with E-state index >= 15 is 0 Å². The number of hydrogen-bond acceptors (Lipinski definition) is 2. The third kappa shape index (κ3) is 4.39. The minimum absolute atomic E-state index is 0.0242. The van der Waals surface area contributed by atoms with Gasteiger partial charge in [0.15, 0.2) is 0 Å². The van der Waals surface area contributed by atoms with Crippen molar-refractivity contribution in [2.75, 3.05) is 19.0 Å². The van der Waals surface area contributed by atoms with Crippen LogP contribution in [0.15, 0.2) is 24.3 Å². The summed E-state index contributed by atoms with van der Waals surface area (Å²) in [6, 6.07) is 8.53. The molecular weight excluding hydrogens is 210 g/mol. The minimum Gasteiger partial charge on any atom is -0.393 e. The lowest BCUT2D eigenvalue weighted by molar-refractivity contribution is 0.0560. The third-order valence-electron chi connectivity index (χ3n) is 3.16. The Morgan fingerprint density at radius 3 is 2.06 bits per heavy atom. The van der Waals surface area contributed by atoms with Crippen molar-refractivity contribution >= 4 is 5.69 Å². The Morgan fingerprint density at radius 1 is 1.12 bits per heavy atom. The van der Waals surface area contributed by atoms with E-state index in [1.807, 2.05) is 14.1 Å². The van der Waals surface area contributed by atoms with Crippen LogP contribution in [0.4, 0.5) is 5.69 Å². The molecule has 0 saturated carbocycles. The summed E-state index contributed by atoms with van der Waals surface area (Å²) in [6.45, 7) is 6.23. The van der Waals surface area contributed by atoms with Crippen LogP contribution in [-0.4, -0.2) is 25.3 Å². The Morgan fingerprint density at radius 2 is 1.65 bits per heavy atom. The van der Waals surface area contributed by atoms with E-state index in [0.717, 1.165) is 12.8 Å². The van der Waals surface area contributed by atoms with Crippen LogP contribution in [0.5, 0.6) is 0 Å². The molecule has 0 aliphatic carbocycles. The van der Waals surface area contributed by atoms with E-state index in [-0.39, 0.29) is 11.5 Å². The number of anilines is 1. The van der Waals surface area contributed by atoms with Crippen molar-refractivity contribution in [2.24, 2.45) is 5.41 Å². The average Bonchev–Trinajstić information content (AvgIpc) is 2.25. The van der Waals surface area contributed by atoms with Gasteiger partial charge in [0.05, 0.1) is 6.10 Å². The normalized spacial score (nSPS) is 13.5. The second-order valence-electron chi connectivity index (χ2n) is 5.98. The maximum absolute atomic E-state index is 9.98. The predicted molar refractivity (Wildman–Crippen MR) is 74.6 cm³/mol. The average molecular weight is 235 g/mol. The lowest BCUT2D eigenvalue weighted by atomic mass is 9.86. The summed E-state index contributed by atoms with van der Waals surface area (Å²) in [5.41, 5.74) is 2.48. The molecule has 1 unspecified atom stereocenters. The number of hydrogen-bond donors (Lipinski definition) is 1. The van der Waals surface area contributed by atoms with Gasteiger partial charge in [0.1, 0.15) is 0 Å². The van der Waals surface area contributed by atoms with Gasteiger partial charge in [0, 0.05) is 19.8 Å². The van der Waals surface area contributed by atoms with Crippen LogP contribution in [0.2, 0.25) is 0 Å². The number of aliphatic hydroxyl groups is 1. The predicted octanol–water partition coefficient (Wildman–Crippen LogP) is 3.09. The minimum atomic E-state index is -0.240. The first-order valence-electron chi connectivity index (χ1n) is 6.25. The largest absolute Gasteiger partial charge is 0.393 e. The van der Waals surface area contributed by atoms with Crippen molar-refractivity contribution < 1.29 is 5.11 Å². The molecule has 0 heterocycles. The van der Waals surface area contributed by atoms with Gasteiger partial charge in [-0.3, -0.25) is 0 Å². The highest BCUT2D eigenvalue weighted by atomic mass is 16.3. The van der Waals surface area contributed by atoms with Crippen molar-refractivity contribution in [3.8, 4) is 0 Å². The molecule has 0 aliphatic heterocycles. The summed E-state index contributed by atoms with van der Waals surface area (Å²) < 4.78 is 0. The molecule has 0 spiro atoms. The van der Waals surface area contributed by atoms with E-state index in [4.69, 9.17) is 0 Å². The standard InChI is InChI=1S/C15H25NO/c1-15(2,3)14(17)11-8-12-6-9-13(10-7-12)16(4)5/h6-7,9-10,14,17H,8,11H2,1-5H3. The van der Waals surface area contributed by atoms with Crippen LogP contribution in [-0.2, 0) is 6.42 Å². The van der Waals surface area contributed by atoms with Gasteiger partial charge in [-0.05, 0) is 36.0 Å².